The predicted octanol–water partition coefficient (Wildman–Crippen LogP) is 33.1. The molecule has 0 bridgehead atoms. The lowest BCUT2D eigenvalue weighted by Gasteiger charge is -2.42. The van der Waals surface area contributed by atoms with Crippen LogP contribution in [0.25, 0.3) is 199 Å². The molecule has 0 atom stereocenters. The molecule has 2 aliphatic rings. The van der Waals surface area contributed by atoms with Crippen LogP contribution in [0.4, 0.5) is 17.1 Å². The highest BCUT2D eigenvalue weighted by molar-refractivity contribution is 7.26. The van der Waals surface area contributed by atoms with Crippen molar-refractivity contribution in [1.29, 1.82) is 0 Å². The van der Waals surface area contributed by atoms with Gasteiger partial charge in [-0.3, -0.25) is 0 Å². The molecule has 0 fully saturated rings. The first-order chi connectivity index (χ1) is 66.9. The summed E-state index contributed by atoms with van der Waals surface area (Å²) in [6.07, 6.45) is 3.71. The van der Waals surface area contributed by atoms with Gasteiger partial charge in [0.1, 0.15) is 0 Å². The molecular weight excluding hydrogens is 1670 g/mol. The molecule has 6 aromatic heterocycles. The number of rotatable bonds is 13. The topological polar surface area (TPSA) is 90.4 Å². The van der Waals surface area contributed by atoms with E-state index in [1.165, 1.54) is 109 Å². The molecule has 24 aromatic rings. The number of aromatic nitrogens is 8. The van der Waals surface area contributed by atoms with Crippen LogP contribution in [-0.2, 0) is 10.8 Å². The number of hydrogen-bond donors (Lipinski definition) is 0. The Labute approximate surface area is 793 Å². The summed E-state index contributed by atoms with van der Waals surface area (Å²) in [5.74, 6) is 2.15. The largest absolute Gasteiger partial charge is 0.310 e. The van der Waals surface area contributed by atoms with Crippen molar-refractivity contribution in [3.05, 3.63) is 490 Å². The minimum atomic E-state index is -0.0794. The highest BCUT2D eigenvalue weighted by Crippen LogP contribution is 2.56. The summed E-state index contributed by atoms with van der Waals surface area (Å²) in [6, 6.07) is 162. The molecular formula is C126H89N9S. The SMILES string of the molecule is CC1(C)c2ccccc2-c2c1ccc1sc3ccc(-c4cc(-c5ccccc5)nc(-c5ccccc5)n4)cc3c21.CC1(C)c2ccccc2N(c2cccc(-c3cccc(-c4nccc(-c5ccccc5)n4)c3)c2)c2ccccc21.c1ccc(-c2ccnc(-c3cc(-c4ccc5c(c4)c4ccccc4n5-c4ccccc4)cc(-c4ccc5c(c4)c4ccccc4n5-c4ccccc4)c3)n2)cc1. The molecule has 136 heavy (non-hydrogen) atoms. The van der Waals surface area contributed by atoms with E-state index < -0.39 is 0 Å². The van der Waals surface area contributed by atoms with E-state index in [1.54, 1.807) is 0 Å². The van der Waals surface area contributed by atoms with Crippen LogP contribution in [-0.4, -0.2) is 39.0 Å². The zero-order valence-electron chi connectivity index (χ0n) is 75.4. The lowest BCUT2D eigenvalue weighted by molar-refractivity contribution is 0.632. The number of thiophene rings is 1. The van der Waals surface area contributed by atoms with Crippen LogP contribution >= 0.6 is 11.3 Å². The second-order valence-corrected chi connectivity index (χ2v) is 37.2. The third kappa shape index (κ3) is 14.8. The zero-order chi connectivity index (χ0) is 91.0. The minimum absolute atomic E-state index is 0.0200. The van der Waals surface area contributed by atoms with Crippen LogP contribution < -0.4 is 4.90 Å². The second kappa shape index (κ2) is 34.2. The van der Waals surface area contributed by atoms with Crippen LogP contribution in [0.2, 0.25) is 0 Å². The van der Waals surface area contributed by atoms with Gasteiger partial charge < -0.3 is 14.0 Å². The third-order valence-electron chi connectivity index (χ3n) is 27.2. The zero-order valence-corrected chi connectivity index (χ0v) is 76.2. The van der Waals surface area contributed by atoms with Gasteiger partial charge in [0.25, 0.3) is 0 Å². The van der Waals surface area contributed by atoms with Gasteiger partial charge in [0, 0.05) is 121 Å². The molecule has 0 N–H and O–H groups in total. The minimum Gasteiger partial charge on any atom is -0.310 e. The van der Waals surface area contributed by atoms with E-state index in [4.69, 9.17) is 24.9 Å². The molecule has 7 heterocycles. The standard InChI is InChI=1S/C52H34N4.C37H29N3.C37H26N2S/c1-4-14-35(15-5-1)47-28-29-53-52(54-47)40-31-38(36-24-26-50-45(33-36)43-20-10-12-22-48(43)55(50)41-16-6-2-7-17-41)30-39(32-40)37-25-27-51-46(34-37)44-21-11-13-23-49(44)56(51)42-18-8-3-9-19-42;1-37(2)31-18-6-8-20-34(31)40(35-21-9-7-19-32(35)37)30-17-11-15-28(25-30)27-14-10-16-29(24-27)36-38-23-22-33(39-36)26-12-4-3-5-13-26;1-37(2)28-16-10-9-15-26(28)34-29(37)18-20-33-35(34)27-21-25(17-19-32(27)40-33)31-22-30(23-11-5-3-6-12-23)38-36(39-31)24-13-7-4-8-14-24/h1-34H;3-25H,1-2H3;3-22H,1-2H3. The molecule has 0 unspecified atom stereocenters. The van der Waals surface area contributed by atoms with E-state index in [9.17, 15) is 0 Å². The highest BCUT2D eigenvalue weighted by Gasteiger charge is 2.39. The molecule has 9 nitrogen and oxygen atoms in total. The van der Waals surface area contributed by atoms with Crippen molar-refractivity contribution in [3.8, 4) is 135 Å². The molecule has 0 amide bonds. The first-order valence-corrected chi connectivity index (χ1v) is 47.2. The van der Waals surface area contributed by atoms with Crippen molar-refractivity contribution >= 4 is 92.2 Å². The Balaban J connectivity index is 0.000000114. The summed E-state index contributed by atoms with van der Waals surface area (Å²) in [7, 11) is 0. The lowest BCUT2D eigenvalue weighted by atomic mass is 9.73. The normalized spacial score (nSPS) is 12.7. The summed E-state index contributed by atoms with van der Waals surface area (Å²) in [4.78, 5) is 31.9. The van der Waals surface area contributed by atoms with Crippen LogP contribution in [0.1, 0.15) is 49.9 Å². The van der Waals surface area contributed by atoms with Crippen LogP contribution in [0.3, 0.4) is 0 Å². The molecule has 10 heteroatoms. The Morgan fingerprint density at radius 1 is 0.221 bits per heavy atom. The number of benzene rings is 18. The Morgan fingerprint density at radius 3 is 1.17 bits per heavy atom. The van der Waals surface area contributed by atoms with E-state index in [0.29, 0.717) is 5.82 Å². The molecule has 0 spiro atoms. The summed E-state index contributed by atoms with van der Waals surface area (Å²) in [5.41, 5.74) is 36.5. The van der Waals surface area contributed by atoms with Crippen molar-refractivity contribution in [2.24, 2.45) is 0 Å². The van der Waals surface area contributed by atoms with Crippen molar-refractivity contribution < 1.29 is 0 Å². The van der Waals surface area contributed by atoms with Crippen molar-refractivity contribution in [2.75, 3.05) is 4.90 Å². The molecule has 644 valence electrons. The smallest absolute Gasteiger partial charge is 0.160 e. The summed E-state index contributed by atoms with van der Waals surface area (Å²) < 4.78 is 7.35. The Kier molecular flexibility index (Phi) is 20.6. The second-order valence-electron chi connectivity index (χ2n) is 36.1. The van der Waals surface area contributed by atoms with E-state index in [2.05, 4.69) is 429 Å². The van der Waals surface area contributed by atoms with Gasteiger partial charge >= 0.3 is 0 Å². The van der Waals surface area contributed by atoms with E-state index in [1.807, 2.05) is 96.5 Å². The van der Waals surface area contributed by atoms with E-state index >= 15 is 0 Å². The van der Waals surface area contributed by atoms with Gasteiger partial charge in [-0.25, -0.2) is 29.9 Å². The van der Waals surface area contributed by atoms with Gasteiger partial charge in [0.2, 0.25) is 0 Å². The number of anilines is 3. The van der Waals surface area contributed by atoms with Gasteiger partial charge in [-0.1, -0.05) is 337 Å². The maximum atomic E-state index is 5.12. The molecule has 0 saturated carbocycles. The number of fused-ring (bicyclic) bond motifs is 15. The first-order valence-electron chi connectivity index (χ1n) is 46.3. The fourth-order valence-electron chi connectivity index (χ4n) is 20.5. The molecule has 0 saturated heterocycles. The highest BCUT2D eigenvalue weighted by atomic mass is 32.1. The molecule has 26 rings (SSSR count). The van der Waals surface area contributed by atoms with Gasteiger partial charge in [-0.15, -0.1) is 11.3 Å². The van der Waals surface area contributed by atoms with Crippen molar-refractivity contribution in [3.63, 3.8) is 0 Å². The number of hydrogen-bond acceptors (Lipinski definition) is 8. The van der Waals surface area contributed by atoms with E-state index in [-0.39, 0.29) is 10.8 Å². The maximum absolute atomic E-state index is 5.12. The van der Waals surface area contributed by atoms with Gasteiger partial charge in [0.15, 0.2) is 17.5 Å². The average Bonchev–Trinajstić information content (AvgIpc) is 1.65. The quantitative estimate of drug-likeness (QED) is 0.114. The average molecular weight is 1760 g/mol. The molecule has 0 radical (unpaired) electrons. The Bertz CT molecular complexity index is 8440. The van der Waals surface area contributed by atoms with Crippen molar-refractivity contribution in [1.82, 2.24) is 39.0 Å². The van der Waals surface area contributed by atoms with Crippen molar-refractivity contribution in [2.45, 2.75) is 38.5 Å². The maximum Gasteiger partial charge on any atom is 0.160 e. The number of nitrogens with zero attached hydrogens (tertiary/aromatic N) is 9. The monoisotopic (exact) mass is 1760 g/mol. The Hall–Kier alpha value is -17.2. The molecule has 18 aromatic carbocycles. The van der Waals surface area contributed by atoms with Crippen LogP contribution in [0.15, 0.2) is 467 Å². The van der Waals surface area contributed by atoms with Crippen LogP contribution in [0.5, 0.6) is 0 Å². The summed E-state index contributed by atoms with van der Waals surface area (Å²) in [5, 5.41) is 7.53. The Morgan fingerprint density at radius 2 is 0.603 bits per heavy atom. The van der Waals surface area contributed by atoms with Gasteiger partial charge in [0.05, 0.1) is 56.2 Å². The summed E-state index contributed by atoms with van der Waals surface area (Å²) >= 11 is 1.87. The number of para-hydroxylation sites is 6. The third-order valence-corrected chi connectivity index (χ3v) is 28.3. The van der Waals surface area contributed by atoms with E-state index in [0.717, 1.165) is 124 Å². The molecule has 1 aliphatic carbocycles. The fraction of sp³-hybridized carbons (Fsp3) is 0.0476. The first kappa shape index (κ1) is 82.0. The van der Waals surface area contributed by atoms with Gasteiger partial charge in [-0.2, -0.15) is 0 Å². The van der Waals surface area contributed by atoms with Crippen LogP contribution in [0, 0.1) is 0 Å². The summed E-state index contributed by atoms with van der Waals surface area (Å²) in [6.45, 7) is 9.33. The van der Waals surface area contributed by atoms with Gasteiger partial charge in [-0.05, 0) is 212 Å². The lowest BCUT2D eigenvalue weighted by Crippen LogP contribution is -2.30. The molecule has 1 aliphatic heterocycles. The fourth-order valence-corrected chi connectivity index (χ4v) is 21.6. The predicted molar refractivity (Wildman–Crippen MR) is 566 cm³/mol.